The summed E-state index contributed by atoms with van der Waals surface area (Å²) < 4.78 is 19.8. The normalized spacial score (nSPS) is 16.1. The van der Waals surface area contributed by atoms with Gasteiger partial charge in [-0.2, -0.15) is 0 Å². The molecule has 2 aromatic carbocycles. The summed E-state index contributed by atoms with van der Waals surface area (Å²) in [5.74, 6) is 0.870. The fourth-order valence-corrected chi connectivity index (χ4v) is 3.19. The molecule has 4 rings (SSSR count). The van der Waals surface area contributed by atoms with Crippen LogP contribution in [0.5, 0.6) is 5.75 Å². The van der Waals surface area contributed by atoms with E-state index in [2.05, 4.69) is 14.9 Å². The molecule has 128 valence electrons. The summed E-state index contributed by atoms with van der Waals surface area (Å²) in [5, 5.41) is 0.564. The number of benzene rings is 2. The highest BCUT2D eigenvalue weighted by molar-refractivity contribution is 5.77. The summed E-state index contributed by atoms with van der Waals surface area (Å²) in [5.41, 5.74) is 1.03. The SMILES string of the molecule is CC(c1nc2ccccc2c(=O)[nH]1)N1CCOc2cccc(F)c2C1. The fraction of sp³-hybridized carbons (Fsp3) is 0.263. The van der Waals surface area contributed by atoms with Gasteiger partial charge >= 0.3 is 0 Å². The van der Waals surface area contributed by atoms with Gasteiger partial charge in [0.1, 0.15) is 24.0 Å². The number of ether oxygens (including phenoxy) is 1. The minimum atomic E-state index is -0.281. The molecule has 1 aromatic heterocycles. The zero-order valence-electron chi connectivity index (χ0n) is 13.8. The Morgan fingerprint density at radius 1 is 1.24 bits per heavy atom. The van der Waals surface area contributed by atoms with Crippen LogP contribution in [0.15, 0.2) is 47.3 Å². The first-order valence-corrected chi connectivity index (χ1v) is 8.26. The van der Waals surface area contributed by atoms with E-state index in [1.165, 1.54) is 6.07 Å². The molecular formula is C19H18FN3O2. The Balaban J connectivity index is 1.70. The van der Waals surface area contributed by atoms with Crippen LogP contribution >= 0.6 is 0 Å². The van der Waals surface area contributed by atoms with Crippen molar-refractivity contribution in [2.24, 2.45) is 0 Å². The summed E-state index contributed by atoms with van der Waals surface area (Å²) in [6.45, 7) is 3.43. The topological polar surface area (TPSA) is 58.2 Å². The van der Waals surface area contributed by atoms with Crippen LogP contribution < -0.4 is 10.3 Å². The molecule has 2 heterocycles. The van der Waals surface area contributed by atoms with Crippen LogP contribution in [-0.4, -0.2) is 28.0 Å². The van der Waals surface area contributed by atoms with Gasteiger partial charge in [0.15, 0.2) is 0 Å². The molecule has 1 unspecified atom stereocenters. The molecule has 0 aliphatic carbocycles. The minimum Gasteiger partial charge on any atom is -0.492 e. The first-order chi connectivity index (χ1) is 12.1. The van der Waals surface area contributed by atoms with Crippen molar-refractivity contribution in [1.82, 2.24) is 14.9 Å². The maximum absolute atomic E-state index is 14.2. The van der Waals surface area contributed by atoms with Crippen LogP contribution in [0.2, 0.25) is 0 Å². The Labute approximate surface area is 144 Å². The summed E-state index contributed by atoms with van der Waals surface area (Å²) in [7, 11) is 0. The number of aromatic amines is 1. The lowest BCUT2D eigenvalue weighted by Crippen LogP contribution is -2.31. The van der Waals surface area contributed by atoms with E-state index in [9.17, 15) is 9.18 Å². The average Bonchev–Trinajstić information content (AvgIpc) is 2.84. The van der Waals surface area contributed by atoms with Gasteiger partial charge in [-0.3, -0.25) is 9.69 Å². The number of H-pyrrole nitrogens is 1. The molecule has 1 atom stereocenters. The minimum absolute atomic E-state index is 0.162. The van der Waals surface area contributed by atoms with Crippen LogP contribution in [0.1, 0.15) is 24.4 Å². The number of nitrogens with one attached hydrogen (secondary N) is 1. The number of halogens is 1. The quantitative estimate of drug-likeness (QED) is 0.780. The Kier molecular flexibility index (Phi) is 3.97. The molecule has 6 heteroatoms. The summed E-state index contributed by atoms with van der Waals surface area (Å²) in [6.07, 6.45) is 0. The highest BCUT2D eigenvalue weighted by Gasteiger charge is 2.24. The number of nitrogens with zero attached hydrogens (tertiary/aromatic N) is 2. The average molecular weight is 339 g/mol. The van der Waals surface area contributed by atoms with E-state index in [4.69, 9.17) is 4.74 Å². The first-order valence-electron chi connectivity index (χ1n) is 8.26. The third kappa shape index (κ3) is 2.89. The van der Waals surface area contributed by atoms with Crippen molar-refractivity contribution >= 4 is 10.9 Å². The molecule has 0 saturated carbocycles. The molecule has 0 spiro atoms. The smallest absolute Gasteiger partial charge is 0.258 e. The molecular weight excluding hydrogens is 321 g/mol. The van der Waals surface area contributed by atoms with Crippen molar-refractivity contribution in [1.29, 1.82) is 0 Å². The van der Waals surface area contributed by atoms with Gasteiger partial charge in [0.05, 0.1) is 16.9 Å². The zero-order valence-corrected chi connectivity index (χ0v) is 13.8. The van der Waals surface area contributed by atoms with E-state index in [1.807, 2.05) is 25.1 Å². The second-order valence-corrected chi connectivity index (χ2v) is 6.18. The highest BCUT2D eigenvalue weighted by atomic mass is 19.1. The van der Waals surface area contributed by atoms with Crippen LogP contribution in [0, 0.1) is 5.82 Å². The second kappa shape index (κ2) is 6.29. The van der Waals surface area contributed by atoms with Crippen LogP contribution in [0.4, 0.5) is 4.39 Å². The Bertz CT molecular complexity index is 986. The van der Waals surface area contributed by atoms with Gasteiger partial charge in [0, 0.05) is 18.7 Å². The Morgan fingerprint density at radius 2 is 2.08 bits per heavy atom. The molecule has 5 nitrogen and oxygen atoms in total. The zero-order chi connectivity index (χ0) is 17.4. The highest BCUT2D eigenvalue weighted by Crippen LogP contribution is 2.29. The number of fused-ring (bicyclic) bond motifs is 2. The molecule has 0 saturated heterocycles. The van der Waals surface area contributed by atoms with E-state index in [1.54, 1.807) is 18.2 Å². The van der Waals surface area contributed by atoms with Crippen LogP contribution in [0.3, 0.4) is 0 Å². The van der Waals surface area contributed by atoms with Crippen molar-refractivity contribution in [2.45, 2.75) is 19.5 Å². The predicted molar refractivity (Wildman–Crippen MR) is 93.1 cm³/mol. The van der Waals surface area contributed by atoms with Crippen molar-refractivity contribution < 1.29 is 9.13 Å². The lowest BCUT2D eigenvalue weighted by Gasteiger charge is -2.26. The van der Waals surface area contributed by atoms with Crippen LogP contribution in [0.25, 0.3) is 10.9 Å². The van der Waals surface area contributed by atoms with Crippen molar-refractivity contribution in [3.05, 3.63) is 70.0 Å². The number of rotatable bonds is 2. The maximum atomic E-state index is 14.2. The van der Waals surface area contributed by atoms with Crippen molar-refractivity contribution in [3.63, 3.8) is 0 Å². The summed E-state index contributed by atoms with van der Waals surface area (Å²) in [4.78, 5) is 21.8. The third-order valence-corrected chi connectivity index (χ3v) is 4.65. The van der Waals surface area contributed by atoms with Gasteiger partial charge in [0.25, 0.3) is 5.56 Å². The largest absolute Gasteiger partial charge is 0.492 e. The number of para-hydroxylation sites is 1. The molecule has 0 amide bonds. The fourth-order valence-electron chi connectivity index (χ4n) is 3.19. The van der Waals surface area contributed by atoms with Crippen molar-refractivity contribution in [3.8, 4) is 5.75 Å². The molecule has 1 aliphatic heterocycles. The molecule has 0 fully saturated rings. The maximum Gasteiger partial charge on any atom is 0.258 e. The van der Waals surface area contributed by atoms with Gasteiger partial charge in [-0.05, 0) is 31.2 Å². The van der Waals surface area contributed by atoms with E-state index in [0.717, 1.165) is 0 Å². The molecule has 0 bridgehead atoms. The molecule has 25 heavy (non-hydrogen) atoms. The van der Waals surface area contributed by atoms with Gasteiger partial charge < -0.3 is 9.72 Å². The van der Waals surface area contributed by atoms with Gasteiger partial charge in [0.2, 0.25) is 0 Å². The molecule has 3 aromatic rings. The second-order valence-electron chi connectivity index (χ2n) is 6.18. The summed E-state index contributed by atoms with van der Waals surface area (Å²) >= 11 is 0. The lowest BCUT2D eigenvalue weighted by molar-refractivity contribution is 0.173. The van der Waals surface area contributed by atoms with E-state index < -0.39 is 0 Å². The predicted octanol–water partition coefficient (Wildman–Crippen LogP) is 3.02. The van der Waals surface area contributed by atoms with Gasteiger partial charge in [-0.25, -0.2) is 9.37 Å². The van der Waals surface area contributed by atoms with Gasteiger partial charge in [-0.15, -0.1) is 0 Å². The van der Waals surface area contributed by atoms with Crippen LogP contribution in [-0.2, 0) is 6.54 Å². The number of hydrogen-bond acceptors (Lipinski definition) is 4. The Hall–Kier alpha value is -2.73. The molecule has 1 aliphatic rings. The number of aromatic nitrogens is 2. The molecule has 0 radical (unpaired) electrons. The summed E-state index contributed by atoms with van der Waals surface area (Å²) in [6, 6.07) is 11.9. The third-order valence-electron chi connectivity index (χ3n) is 4.65. The number of hydrogen-bond donors (Lipinski definition) is 1. The molecule has 1 N–H and O–H groups in total. The van der Waals surface area contributed by atoms with E-state index in [0.29, 0.717) is 47.7 Å². The van der Waals surface area contributed by atoms with E-state index >= 15 is 0 Å². The standard InChI is InChI=1S/C19H18FN3O2/c1-12(18-21-16-7-3-2-5-13(16)19(24)22-18)23-9-10-25-17-8-4-6-15(20)14(17)11-23/h2-8,12H,9-11H2,1H3,(H,21,22,24). The monoisotopic (exact) mass is 339 g/mol. The Morgan fingerprint density at radius 3 is 2.96 bits per heavy atom. The first kappa shape index (κ1) is 15.8. The lowest BCUT2D eigenvalue weighted by atomic mass is 10.1. The van der Waals surface area contributed by atoms with Crippen molar-refractivity contribution in [2.75, 3.05) is 13.2 Å². The van der Waals surface area contributed by atoms with E-state index in [-0.39, 0.29) is 17.4 Å². The van der Waals surface area contributed by atoms with Gasteiger partial charge in [-0.1, -0.05) is 18.2 Å².